The van der Waals surface area contributed by atoms with Gasteiger partial charge in [-0.1, -0.05) is 6.07 Å². The summed E-state index contributed by atoms with van der Waals surface area (Å²) in [7, 11) is -4.02. The topological polar surface area (TPSA) is 128 Å². The first kappa shape index (κ1) is 23.3. The fraction of sp³-hybridized carbons (Fsp3) is 0.350. The van der Waals surface area contributed by atoms with Gasteiger partial charge in [0, 0.05) is 36.0 Å². The average molecular weight is 436 g/mol. The van der Waals surface area contributed by atoms with Crippen molar-refractivity contribution in [2.24, 2.45) is 0 Å². The largest absolute Gasteiger partial charge is 0.379 e. The Morgan fingerprint density at radius 2 is 1.83 bits per heavy atom. The Kier molecular flexibility index (Phi) is 7.90. The van der Waals surface area contributed by atoms with Gasteiger partial charge >= 0.3 is 0 Å². The molecular formula is C20H25N3O6S. The normalized spacial score (nSPS) is 11.3. The molecule has 0 heterocycles. The van der Waals surface area contributed by atoms with Crippen LogP contribution in [0.25, 0.3) is 0 Å². The van der Waals surface area contributed by atoms with E-state index in [9.17, 15) is 23.3 Å². The first-order valence-corrected chi connectivity index (χ1v) is 10.9. The van der Waals surface area contributed by atoms with Crippen molar-refractivity contribution in [2.45, 2.75) is 38.2 Å². The van der Waals surface area contributed by atoms with Crippen molar-refractivity contribution in [3.8, 4) is 0 Å². The standard InChI is InChI=1S/C20H25N3O6S/c1-14(2)29-12-4-11-21-20(24)16-6-8-17(9-7-16)22-30(27,28)18-10-5-15(3)19(13-18)23(25)26/h5-10,13-14,22H,4,11-12H2,1-3H3,(H,21,24). The molecule has 0 unspecified atom stereocenters. The Labute approximate surface area is 175 Å². The molecular weight excluding hydrogens is 410 g/mol. The van der Waals surface area contributed by atoms with Crippen LogP contribution >= 0.6 is 0 Å². The third kappa shape index (κ3) is 6.53. The molecule has 2 rings (SSSR count). The van der Waals surface area contributed by atoms with Crippen LogP contribution in [0.15, 0.2) is 47.4 Å². The number of carbonyl (C=O) groups excluding carboxylic acids is 1. The van der Waals surface area contributed by atoms with Crippen LogP contribution in [0.1, 0.15) is 36.2 Å². The lowest BCUT2D eigenvalue weighted by molar-refractivity contribution is -0.385. The Bertz CT molecular complexity index is 1000. The highest BCUT2D eigenvalue weighted by Gasteiger charge is 2.20. The lowest BCUT2D eigenvalue weighted by Gasteiger charge is -2.10. The molecule has 0 aliphatic heterocycles. The minimum Gasteiger partial charge on any atom is -0.379 e. The van der Waals surface area contributed by atoms with E-state index in [-0.39, 0.29) is 28.3 Å². The smallest absolute Gasteiger partial charge is 0.273 e. The van der Waals surface area contributed by atoms with Gasteiger partial charge in [-0.15, -0.1) is 0 Å². The minimum atomic E-state index is -4.02. The predicted molar refractivity (Wildman–Crippen MR) is 113 cm³/mol. The maximum absolute atomic E-state index is 12.5. The Morgan fingerprint density at radius 3 is 2.43 bits per heavy atom. The van der Waals surface area contributed by atoms with Crippen molar-refractivity contribution in [1.29, 1.82) is 0 Å². The molecule has 0 saturated carbocycles. The van der Waals surface area contributed by atoms with Gasteiger partial charge in [0.25, 0.3) is 21.6 Å². The number of nitrogens with one attached hydrogen (secondary N) is 2. The Hall–Kier alpha value is -2.98. The number of benzene rings is 2. The van der Waals surface area contributed by atoms with E-state index in [1.807, 2.05) is 13.8 Å². The third-order valence-electron chi connectivity index (χ3n) is 4.14. The van der Waals surface area contributed by atoms with Crippen molar-refractivity contribution < 1.29 is 22.9 Å². The van der Waals surface area contributed by atoms with Gasteiger partial charge in [-0.2, -0.15) is 0 Å². The van der Waals surface area contributed by atoms with E-state index in [1.54, 1.807) is 0 Å². The molecule has 0 aliphatic carbocycles. The maximum Gasteiger partial charge on any atom is 0.273 e. The summed E-state index contributed by atoms with van der Waals surface area (Å²) in [6.45, 7) is 6.42. The van der Waals surface area contributed by atoms with Gasteiger partial charge in [0.1, 0.15) is 0 Å². The van der Waals surface area contributed by atoms with Crippen LogP contribution in [0.5, 0.6) is 0 Å². The van der Waals surface area contributed by atoms with Crippen LogP contribution in [0.2, 0.25) is 0 Å². The highest BCUT2D eigenvalue weighted by atomic mass is 32.2. The summed E-state index contributed by atoms with van der Waals surface area (Å²) in [5.74, 6) is -0.275. The highest BCUT2D eigenvalue weighted by Crippen LogP contribution is 2.24. The molecule has 0 atom stereocenters. The summed E-state index contributed by atoms with van der Waals surface area (Å²) in [4.78, 5) is 22.3. The van der Waals surface area contributed by atoms with Gasteiger partial charge in [-0.25, -0.2) is 8.42 Å². The molecule has 2 aromatic rings. The zero-order valence-corrected chi connectivity index (χ0v) is 17.9. The summed E-state index contributed by atoms with van der Waals surface area (Å²) in [6.07, 6.45) is 0.827. The first-order chi connectivity index (χ1) is 14.1. The monoisotopic (exact) mass is 435 g/mol. The second-order valence-electron chi connectivity index (χ2n) is 6.92. The minimum absolute atomic E-state index is 0.142. The molecule has 1 amide bonds. The number of hydrogen-bond acceptors (Lipinski definition) is 6. The van der Waals surface area contributed by atoms with E-state index in [0.29, 0.717) is 30.7 Å². The molecule has 0 aromatic heterocycles. The van der Waals surface area contributed by atoms with E-state index in [4.69, 9.17) is 4.74 Å². The van der Waals surface area contributed by atoms with Crippen molar-refractivity contribution >= 4 is 27.3 Å². The van der Waals surface area contributed by atoms with Gasteiger partial charge in [0.15, 0.2) is 0 Å². The lowest BCUT2D eigenvalue weighted by atomic mass is 10.2. The summed E-state index contributed by atoms with van der Waals surface area (Å²) in [5, 5.41) is 13.8. The summed E-state index contributed by atoms with van der Waals surface area (Å²) < 4.78 is 32.8. The maximum atomic E-state index is 12.5. The molecule has 0 spiro atoms. The molecule has 0 saturated heterocycles. The molecule has 2 N–H and O–H groups in total. The Balaban J connectivity index is 2.00. The zero-order chi connectivity index (χ0) is 22.3. The quantitative estimate of drug-likeness (QED) is 0.335. The second kappa shape index (κ2) is 10.2. The fourth-order valence-electron chi connectivity index (χ4n) is 2.55. The van der Waals surface area contributed by atoms with E-state index < -0.39 is 14.9 Å². The van der Waals surface area contributed by atoms with E-state index >= 15 is 0 Å². The number of sulfonamides is 1. The number of anilines is 1. The second-order valence-corrected chi connectivity index (χ2v) is 8.60. The van der Waals surface area contributed by atoms with Gasteiger partial charge in [-0.3, -0.25) is 19.6 Å². The fourth-order valence-corrected chi connectivity index (χ4v) is 3.63. The summed E-state index contributed by atoms with van der Waals surface area (Å²) in [6, 6.07) is 9.60. The van der Waals surface area contributed by atoms with E-state index in [0.717, 1.165) is 6.07 Å². The number of aryl methyl sites for hydroxylation is 1. The molecule has 10 heteroatoms. The number of hydrogen-bond donors (Lipinski definition) is 2. The number of nitro groups is 1. The number of rotatable bonds is 10. The molecule has 0 bridgehead atoms. The molecule has 2 aromatic carbocycles. The third-order valence-corrected chi connectivity index (χ3v) is 5.52. The Morgan fingerprint density at radius 1 is 1.17 bits per heavy atom. The number of nitro benzene ring substituents is 1. The molecule has 0 radical (unpaired) electrons. The van der Waals surface area contributed by atoms with Crippen LogP contribution < -0.4 is 10.0 Å². The predicted octanol–water partition coefficient (Wildman–Crippen LogP) is 3.25. The molecule has 0 fully saturated rings. The first-order valence-electron chi connectivity index (χ1n) is 9.38. The van der Waals surface area contributed by atoms with Crippen LogP contribution in [-0.4, -0.2) is 38.5 Å². The van der Waals surface area contributed by atoms with Gasteiger partial charge in [0.05, 0.1) is 15.9 Å². The number of amides is 1. The molecule has 0 aliphatic rings. The van der Waals surface area contributed by atoms with Crippen LogP contribution in [0, 0.1) is 17.0 Å². The SMILES string of the molecule is Cc1ccc(S(=O)(=O)Nc2ccc(C(=O)NCCCOC(C)C)cc2)cc1[N+](=O)[O-]. The van der Waals surface area contributed by atoms with Crippen LogP contribution in [-0.2, 0) is 14.8 Å². The van der Waals surface area contributed by atoms with Gasteiger partial charge < -0.3 is 10.1 Å². The van der Waals surface area contributed by atoms with Crippen LogP contribution in [0.4, 0.5) is 11.4 Å². The van der Waals surface area contributed by atoms with Crippen molar-refractivity contribution in [1.82, 2.24) is 5.32 Å². The van der Waals surface area contributed by atoms with E-state index in [1.165, 1.54) is 43.3 Å². The van der Waals surface area contributed by atoms with Crippen molar-refractivity contribution in [3.05, 3.63) is 63.7 Å². The average Bonchev–Trinajstić information content (AvgIpc) is 2.67. The molecule has 9 nitrogen and oxygen atoms in total. The molecule has 162 valence electrons. The zero-order valence-electron chi connectivity index (χ0n) is 17.0. The lowest BCUT2D eigenvalue weighted by Crippen LogP contribution is -2.25. The molecule has 30 heavy (non-hydrogen) atoms. The van der Waals surface area contributed by atoms with Gasteiger partial charge in [-0.05, 0) is 57.5 Å². The van der Waals surface area contributed by atoms with Crippen molar-refractivity contribution in [2.75, 3.05) is 17.9 Å². The van der Waals surface area contributed by atoms with Crippen LogP contribution in [0.3, 0.4) is 0 Å². The number of carbonyl (C=O) groups is 1. The number of nitrogens with zero attached hydrogens (tertiary/aromatic N) is 1. The summed E-state index contributed by atoms with van der Waals surface area (Å²) >= 11 is 0. The highest BCUT2D eigenvalue weighted by molar-refractivity contribution is 7.92. The number of ether oxygens (including phenoxy) is 1. The van der Waals surface area contributed by atoms with Gasteiger partial charge in [0.2, 0.25) is 0 Å². The van der Waals surface area contributed by atoms with E-state index in [2.05, 4.69) is 10.0 Å². The summed E-state index contributed by atoms with van der Waals surface area (Å²) in [5.41, 5.74) is 0.711. The van der Waals surface area contributed by atoms with Crippen molar-refractivity contribution in [3.63, 3.8) is 0 Å².